The molecule has 1 aliphatic carbocycles. The fourth-order valence-electron chi connectivity index (χ4n) is 4.18. The van der Waals surface area contributed by atoms with Crippen LogP contribution in [-0.4, -0.2) is 27.7 Å². The van der Waals surface area contributed by atoms with Gasteiger partial charge in [-0.05, 0) is 30.4 Å². The van der Waals surface area contributed by atoms with E-state index in [4.69, 9.17) is 0 Å². The van der Waals surface area contributed by atoms with Gasteiger partial charge < -0.3 is 10.0 Å². The Morgan fingerprint density at radius 3 is 2.31 bits per heavy atom. The van der Waals surface area contributed by atoms with Gasteiger partial charge in [-0.15, -0.1) is 0 Å². The normalized spacial score (nSPS) is 21.8. The second kappa shape index (κ2) is 7.65. The van der Waals surface area contributed by atoms with E-state index in [1.807, 2.05) is 38.1 Å². The molecular formula is C22H29NO3. The monoisotopic (exact) mass is 355 g/mol. The first-order chi connectivity index (χ1) is 12.5. The number of hydrogen-bond donors (Lipinski definition) is 1. The van der Waals surface area contributed by atoms with Crippen LogP contribution in [-0.2, 0) is 16.0 Å². The van der Waals surface area contributed by atoms with Crippen LogP contribution in [0.15, 0.2) is 35.6 Å². The standard InChI is InChI=1S/C22H29NO3/c1-4-15-10-12-16(13-11-15)19-18(20(24)14(2)3)21(25)22(26)23(19)17-8-6-5-7-9-17/h10-14,17,19,25H,4-9H2,1-3H3. The number of hydrogen-bond acceptors (Lipinski definition) is 3. The van der Waals surface area contributed by atoms with E-state index in [-0.39, 0.29) is 35.0 Å². The highest BCUT2D eigenvalue weighted by Gasteiger charge is 2.46. The third-order valence-electron chi connectivity index (χ3n) is 5.71. The molecule has 1 fully saturated rings. The number of carbonyl (C=O) groups excluding carboxylic acids is 2. The number of aliphatic hydroxyl groups excluding tert-OH is 1. The van der Waals surface area contributed by atoms with Crippen LogP contribution in [0.25, 0.3) is 0 Å². The topological polar surface area (TPSA) is 57.6 Å². The van der Waals surface area contributed by atoms with Gasteiger partial charge in [0.15, 0.2) is 11.5 Å². The van der Waals surface area contributed by atoms with Gasteiger partial charge >= 0.3 is 0 Å². The predicted octanol–water partition coefficient (Wildman–Crippen LogP) is 4.50. The largest absolute Gasteiger partial charge is 0.503 e. The summed E-state index contributed by atoms with van der Waals surface area (Å²) in [6, 6.07) is 7.72. The fraction of sp³-hybridized carbons (Fsp3) is 0.545. The summed E-state index contributed by atoms with van der Waals surface area (Å²) in [6.45, 7) is 5.73. The van der Waals surface area contributed by atoms with Gasteiger partial charge in [-0.3, -0.25) is 9.59 Å². The number of nitrogens with zero attached hydrogens (tertiary/aromatic N) is 1. The molecule has 4 heteroatoms. The summed E-state index contributed by atoms with van der Waals surface area (Å²) in [5.74, 6) is -1.13. The molecule has 4 nitrogen and oxygen atoms in total. The molecule has 1 saturated carbocycles. The first kappa shape index (κ1) is 18.7. The van der Waals surface area contributed by atoms with Crippen molar-refractivity contribution in [3.8, 4) is 0 Å². The zero-order chi connectivity index (χ0) is 18.8. The van der Waals surface area contributed by atoms with Gasteiger partial charge in [-0.2, -0.15) is 0 Å². The van der Waals surface area contributed by atoms with Gasteiger partial charge in [0, 0.05) is 12.0 Å². The molecule has 26 heavy (non-hydrogen) atoms. The molecule has 1 heterocycles. The summed E-state index contributed by atoms with van der Waals surface area (Å²) in [4.78, 5) is 27.5. The molecule has 0 saturated heterocycles. The molecule has 1 N–H and O–H groups in total. The lowest BCUT2D eigenvalue weighted by molar-refractivity contribution is -0.132. The molecule has 0 bridgehead atoms. The Labute approximate surface area is 155 Å². The van der Waals surface area contributed by atoms with Crippen LogP contribution >= 0.6 is 0 Å². The van der Waals surface area contributed by atoms with Gasteiger partial charge in [0.25, 0.3) is 5.91 Å². The number of Topliss-reactive ketones (excluding diaryl/α,β-unsaturated/α-hetero) is 1. The highest BCUT2D eigenvalue weighted by molar-refractivity contribution is 6.09. The minimum atomic E-state index is -0.466. The summed E-state index contributed by atoms with van der Waals surface area (Å²) in [7, 11) is 0. The zero-order valence-corrected chi connectivity index (χ0v) is 16.0. The summed E-state index contributed by atoms with van der Waals surface area (Å²) >= 11 is 0. The Morgan fingerprint density at radius 1 is 1.15 bits per heavy atom. The number of amides is 1. The van der Waals surface area contributed by atoms with Crippen LogP contribution in [0.3, 0.4) is 0 Å². The summed E-state index contributed by atoms with van der Waals surface area (Å²) in [5.41, 5.74) is 2.40. The number of benzene rings is 1. The SMILES string of the molecule is CCc1ccc(C2C(C(=O)C(C)C)=C(O)C(=O)N2C2CCCCC2)cc1. The van der Waals surface area contributed by atoms with Gasteiger partial charge in [-0.1, -0.05) is 64.3 Å². The molecule has 1 aliphatic heterocycles. The number of aliphatic hydroxyl groups is 1. The lowest BCUT2D eigenvalue weighted by Gasteiger charge is -2.36. The molecule has 1 atom stereocenters. The van der Waals surface area contributed by atoms with E-state index in [0.29, 0.717) is 0 Å². The smallest absolute Gasteiger partial charge is 0.290 e. The third kappa shape index (κ3) is 3.29. The van der Waals surface area contributed by atoms with Crippen LogP contribution in [0, 0.1) is 5.92 Å². The molecule has 1 amide bonds. The molecule has 140 valence electrons. The van der Waals surface area contributed by atoms with Crippen molar-refractivity contribution >= 4 is 11.7 Å². The van der Waals surface area contributed by atoms with E-state index in [1.54, 1.807) is 4.90 Å². The maximum atomic E-state index is 12.9. The van der Waals surface area contributed by atoms with E-state index in [2.05, 4.69) is 6.92 Å². The number of rotatable bonds is 5. The second-order valence-corrected chi connectivity index (χ2v) is 7.78. The Balaban J connectivity index is 2.06. The average molecular weight is 355 g/mol. The third-order valence-corrected chi connectivity index (χ3v) is 5.71. The van der Waals surface area contributed by atoms with Crippen LogP contribution < -0.4 is 0 Å². The molecule has 1 aromatic carbocycles. The van der Waals surface area contributed by atoms with E-state index in [0.717, 1.165) is 37.7 Å². The Hall–Kier alpha value is -2.10. The Kier molecular flexibility index (Phi) is 5.49. The van der Waals surface area contributed by atoms with Crippen LogP contribution in [0.4, 0.5) is 0 Å². The van der Waals surface area contributed by atoms with Gasteiger partial charge in [0.2, 0.25) is 0 Å². The van der Waals surface area contributed by atoms with Crippen molar-refractivity contribution < 1.29 is 14.7 Å². The number of aryl methyl sites for hydroxylation is 1. The summed E-state index contributed by atoms with van der Waals surface area (Å²) < 4.78 is 0. The molecular weight excluding hydrogens is 326 g/mol. The first-order valence-corrected chi connectivity index (χ1v) is 9.84. The minimum absolute atomic E-state index is 0.0895. The van der Waals surface area contributed by atoms with Crippen molar-refractivity contribution in [2.45, 2.75) is 71.4 Å². The van der Waals surface area contributed by atoms with E-state index in [9.17, 15) is 14.7 Å². The highest BCUT2D eigenvalue weighted by Crippen LogP contribution is 2.42. The molecule has 0 aromatic heterocycles. The van der Waals surface area contributed by atoms with Gasteiger partial charge in [0.1, 0.15) is 0 Å². The van der Waals surface area contributed by atoms with E-state index >= 15 is 0 Å². The van der Waals surface area contributed by atoms with Gasteiger partial charge in [0.05, 0.1) is 11.6 Å². The average Bonchev–Trinajstić information content (AvgIpc) is 2.93. The molecule has 0 radical (unpaired) electrons. The van der Waals surface area contributed by atoms with Crippen molar-refractivity contribution in [2.24, 2.45) is 5.92 Å². The number of ketones is 1. The molecule has 1 unspecified atom stereocenters. The van der Waals surface area contributed by atoms with Crippen molar-refractivity contribution in [2.75, 3.05) is 0 Å². The summed E-state index contributed by atoms with van der Waals surface area (Å²) in [6.07, 6.45) is 6.17. The lowest BCUT2D eigenvalue weighted by atomic mass is 9.88. The predicted molar refractivity (Wildman–Crippen MR) is 102 cm³/mol. The van der Waals surface area contributed by atoms with Crippen molar-refractivity contribution in [1.29, 1.82) is 0 Å². The molecule has 2 aliphatic rings. The van der Waals surface area contributed by atoms with Crippen molar-refractivity contribution in [3.05, 3.63) is 46.7 Å². The van der Waals surface area contributed by atoms with Crippen LogP contribution in [0.2, 0.25) is 0 Å². The van der Waals surface area contributed by atoms with Crippen molar-refractivity contribution in [3.63, 3.8) is 0 Å². The summed E-state index contributed by atoms with van der Waals surface area (Å²) in [5, 5.41) is 10.6. The fourth-order valence-corrected chi connectivity index (χ4v) is 4.18. The van der Waals surface area contributed by atoms with Crippen LogP contribution in [0.1, 0.15) is 70.0 Å². The van der Waals surface area contributed by atoms with E-state index in [1.165, 1.54) is 12.0 Å². The Bertz CT molecular complexity index is 711. The maximum Gasteiger partial charge on any atom is 0.290 e. The molecule has 0 spiro atoms. The quantitative estimate of drug-likeness (QED) is 0.846. The van der Waals surface area contributed by atoms with Gasteiger partial charge in [-0.25, -0.2) is 0 Å². The lowest BCUT2D eigenvalue weighted by Crippen LogP contribution is -2.41. The Morgan fingerprint density at radius 2 is 1.77 bits per heavy atom. The second-order valence-electron chi connectivity index (χ2n) is 7.78. The van der Waals surface area contributed by atoms with Crippen molar-refractivity contribution in [1.82, 2.24) is 4.90 Å². The van der Waals surface area contributed by atoms with E-state index < -0.39 is 6.04 Å². The maximum absolute atomic E-state index is 12.9. The van der Waals surface area contributed by atoms with Crippen LogP contribution in [0.5, 0.6) is 0 Å². The molecule has 3 rings (SSSR count). The minimum Gasteiger partial charge on any atom is -0.503 e. The highest BCUT2D eigenvalue weighted by atomic mass is 16.3. The first-order valence-electron chi connectivity index (χ1n) is 9.84. The molecule has 1 aromatic rings. The number of carbonyl (C=O) groups is 2. The zero-order valence-electron chi connectivity index (χ0n) is 16.0.